The molecule has 1 fully saturated rings. The second-order valence-corrected chi connectivity index (χ2v) is 7.07. The van der Waals surface area contributed by atoms with Crippen molar-refractivity contribution in [1.82, 2.24) is 9.80 Å². The maximum atomic E-state index is 13.3. The molecule has 1 amide bonds. The van der Waals surface area contributed by atoms with Crippen LogP contribution in [0, 0.1) is 0 Å². The van der Waals surface area contributed by atoms with E-state index in [9.17, 15) is 4.79 Å². The highest BCUT2D eigenvalue weighted by Gasteiger charge is 2.27. The van der Waals surface area contributed by atoms with E-state index in [1.807, 2.05) is 17.0 Å². The predicted molar refractivity (Wildman–Crippen MR) is 116 cm³/mol. The van der Waals surface area contributed by atoms with Crippen molar-refractivity contribution in [2.75, 3.05) is 44.7 Å². The van der Waals surface area contributed by atoms with E-state index in [2.05, 4.69) is 53.2 Å². The van der Waals surface area contributed by atoms with E-state index in [0.717, 1.165) is 50.4 Å². The van der Waals surface area contributed by atoms with Crippen LogP contribution < -0.4 is 4.90 Å². The molecule has 146 valence electrons. The van der Waals surface area contributed by atoms with Gasteiger partial charge in [0.05, 0.1) is 17.9 Å². The molecule has 2 aromatic rings. The molecule has 2 aromatic carbocycles. The first-order chi connectivity index (χ1) is 12.2. The van der Waals surface area contributed by atoms with Crippen molar-refractivity contribution < 1.29 is 4.79 Å². The fraction of sp³-hybridized carbons (Fsp3) is 0.381. The predicted octanol–water partition coefficient (Wildman–Crippen LogP) is 3.54. The van der Waals surface area contributed by atoms with Gasteiger partial charge in [0.2, 0.25) is 5.91 Å². The number of piperazine rings is 1. The fourth-order valence-corrected chi connectivity index (χ4v) is 3.82. The summed E-state index contributed by atoms with van der Waals surface area (Å²) in [7, 11) is 2.14. The SMILES string of the molecule is CN1CCN(CC(=O)N2c3ccccc3CCc3ccccc32)CC1.Cl.Cl. The highest BCUT2D eigenvalue weighted by molar-refractivity contribution is 6.03. The molecular formula is C21H27Cl2N3O. The number of fused-ring (bicyclic) bond motifs is 2. The van der Waals surface area contributed by atoms with Gasteiger partial charge in [-0.15, -0.1) is 24.8 Å². The van der Waals surface area contributed by atoms with Crippen LogP contribution in [0.2, 0.25) is 0 Å². The third-order valence-corrected chi connectivity index (χ3v) is 5.33. The van der Waals surface area contributed by atoms with Crippen LogP contribution in [0.15, 0.2) is 48.5 Å². The van der Waals surface area contributed by atoms with Crippen LogP contribution in [-0.4, -0.2) is 55.5 Å². The van der Waals surface area contributed by atoms with E-state index >= 15 is 0 Å². The van der Waals surface area contributed by atoms with Crippen LogP contribution in [0.25, 0.3) is 0 Å². The molecule has 0 radical (unpaired) electrons. The molecule has 6 heteroatoms. The monoisotopic (exact) mass is 407 g/mol. The first kappa shape index (κ1) is 21.7. The minimum atomic E-state index is 0. The van der Waals surface area contributed by atoms with Gasteiger partial charge in [-0.25, -0.2) is 0 Å². The minimum Gasteiger partial charge on any atom is -0.304 e. The molecule has 27 heavy (non-hydrogen) atoms. The number of carbonyl (C=O) groups is 1. The maximum Gasteiger partial charge on any atom is 0.245 e. The third-order valence-electron chi connectivity index (χ3n) is 5.33. The summed E-state index contributed by atoms with van der Waals surface area (Å²) in [6, 6.07) is 16.7. The van der Waals surface area contributed by atoms with Crippen LogP contribution in [0.5, 0.6) is 0 Å². The molecule has 0 aliphatic carbocycles. The van der Waals surface area contributed by atoms with Gasteiger partial charge >= 0.3 is 0 Å². The first-order valence-electron chi connectivity index (χ1n) is 9.12. The zero-order chi connectivity index (χ0) is 17.2. The summed E-state index contributed by atoms with van der Waals surface area (Å²) in [4.78, 5) is 19.8. The fourth-order valence-electron chi connectivity index (χ4n) is 3.82. The Morgan fingerprint density at radius 2 is 1.30 bits per heavy atom. The Morgan fingerprint density at radius 1 is 0.815 bits per heavy atom. The zero-order valence-corrected chi connectivity index (χ0v) is 17.3. The Kier molecular flexibility index (Phi) is 7.68. The number of anilines is 2. The third kappa shape index (κ3) is 4.64. The summed E-state index contributed by atoms with van der Waals surface area (Å²) in [6.45, 7) is 4.45. The Hall–Kier alpha value is -1.59. The molecule has 2 aliphatic rings. The van der Waals surface area contributed by atoms with Crippen LogP contribution in [0.3, 0.4) is 0 Å². The van der Waals surface area contributed by atoms with Crippen molar-refractivity contribution in [3.05, 3.63) is 59.7 Å². The summed E-state index contributed by atoms with van der Waals surface area (Å²) >= 11 is 0. The molecule has 0 N–H and O–H groups in total. The van der Waals surface area contributed by atoms with E-state index < -0.39 is 0 Å². The molecule has 2 aliphatic heterocycles. The van der Waals surface area contributed by atoms with Gasteiger partial charge < -0.3 is 4.90 Å². The Balaban J connectivity index is 0.00000131. The lowest BCUT2D eigenvalue weighted by atomic mass is 10.0. The maximum absolute atomic E-state index is 13.3. The summed E-state index contributed by atoms with van der Waals surface area (Å²) < 4.78 is 0. The van der Waals surface area contributed by atoms with Gasteiger partial charge in [0.1, 0.15) is 0 Å². The van der Waals surface area contributed by atoms with E-state index in [-0.39, 0.29) is 30.7 Å². The Bertz CT molecular complexity index is 728. The van der Waals surface area contributed by atoms with Crippen molar-refractivity contribution in [2.24, 2.45) is 0 Å². The molecule has 1 saturated heterocycles. The second-order valence-electron chi connectivity index (χ2n) is 7.07. The van der Waals surface area contributed by atoms with E-state index in [1.54, 1.807) is 0 Å². The summed E-state index contributed by atoms with van der Waals surface area (Å²) in [5, 5.41) is 0. The van der Waals surface area contributed by atoms with Crippen LogP contribution >= 0.6 is 24.8 Å². The zero-order valence-electron chi connectivity index (χ0n) is 15.6. The lowest BCUT2D eigenvalue weighted by Gasteiger charge is -2.34. The van der Waals surface area contributed by atoms with Gasteiger partial charge in [-0.2, -0.15) is 0 Å². The number of likely N-dealkylation sites (N-methyl/N-ethyl adjacent to an activating group) is 1. The van der Waals surface area contributed by atoms with Gasteiger partial charge in [-0.1, -0.05) is 36.4 Å². The van der Waals surface area contributed by atoms with Gasteiger partial charge in [0.25, 0.3) is 0 Å². The van der Waals surface area contributed by atoms with Gasteiger partial charge in [0.15, 0.2) is 0 Å². The number of hydrogen-bond donors (Lipinski definition) is 0. The molecule has 0 aromatic heterocycles. The van der Waals surface area contributed by atoms with E-state index in [0.29, 0.717) is 6.54 Å². The Labute approximate surface area is 174 Å². The summed E-state index contributed by atoms with van der Waals surface area (Å²) in [6.07, 6.45) is 1.96. The highest BCUT2D eigenvalue weighted by Crippen LogP contribution is 2.36. The van der Waals surface area contributed by atoms with Crippen molar-refractivity contribution in [1.29, 1.82) is 0 Å². The smallest absolute Gasteiger partial charge is 0.245 e. The molecular weight excluding hydrogens is 381 g/mol. The molecule has 4 rings (SSSR count). The number of halogens is 2. The average Bonchev–Trinajstić information content (AvgIpc) is 2.80. The largest absolute Gasteiger partial charge is 0.304 e. The molecule has 2 heterocycles. The summed E-state index contributed by atoms with van der Waals surface area (Å²) in [5.74, 6) is 0.173. The summed E-state index contributed by atoms with van der Waals surface area (Å²) in [5.41, 5.74) is 4.61. The Morgan fingerprint density at radius 3 is 1.81 bits per heavy atom. The normalized spacial score (nSPS) is 17.0. The topological polar surface area (TPSA) is 26.8 Å². The van der Waals surface area contributed by atoms with Crippen LogP contribution in [-0.2, 0) is 17.6 Å². The van der Waals surface area contributed by atoms with Crippen molar-refractivity contribution in [2.45, 2.75) is 12.8 Å². The number of rotatable bonds is 2. The van der Waals surface area contributed by atoms with Crippen LogP contribution in [0.4, 0.5) is 11.4 Å². The number of para-hydroxylation sites is 2. The molecule has 4 nitrogen and oxygen atoms in total. The lowest BCUT2D eigenvalue weighted by molar-refractivity contribution is -0.119. The second kappa shape index (κ2) is 9.56. The van der Waals surface area contributed by atoms with Crippen molar-refractivity contribution in [3.8, 4) is 0 Å². The lowest BCUT2D eigenvalue weighted by Crippen LogP contribution is -2.48. The molecule has 0 spiro atoms. The molecule has 0 unspecified atom stereocenters. The minimum absolute atomic E-state index is 0. The standard InChI is InChI=1S/C21H25N3O.2ClH/c1-22-12-14-23(15-13-22)16-21(25)24-19-8-4-2-6-17(19)10-11-18-7-3-5-9-20(18)24;;/h2-9H,10-16H2,1H3;2*1H. The average molecular weight is 408 g/mol. The van der Waals surface area contributed by atoms with Gasteiger partial charge in [-0.05, 0) is 43.1 Å². The molecule has 0 bridgehead atoms. The number of benzene rings is 2. The highest BCUT2D eigenvalue weighted by atomic mass is 35.5. The number of nitrogens with zero attached hydrogens (tertiary/aromatic N) is 3. The van der Waals surface area contributed by atoms with Gasteiger partial charge in [0, 0.05) is 26.2 Å². The van der Waals surface area contributed by atoms with Crippen LogP contribution in [0.1, 0.15) is 11.1 Å². The van der Waals surface area contributed by atoms with E-state index in [4.69, 9.17) is 0 Å². The van der Waals surface area contributed by atoms with Crippen molar-refractivity contribution >= 4 is 42.1 Å². The van der Waals surface area contributed by atoms with Gasteiger partial charge in [-0.3, -0.25) is 14.6 Å². The molecule has 0 saturated carbocycles. The van der Waals surface area contributed by atoms with E-state index in [1.165, 1.54) is 11.1 Å². The molecule has 0 atom stereocenters. The number of amides is 1. The van der Waals surface area contributed by atoms with Crippen molar-refractivity contribution in [3.63, 3.8) is 0 Å². The first-order valence-corrected chi connectivity index (χ1v) is 9.12. The number of hydrogen-bond acceptors (Lipinski definition) is 3. The number of aryl methyl sites for hydroxylation is 2. The quantitative estimate of drug-likeness (QED) is 0.761. The number of carbonyl (C=O) groups excluding carboxylic acids is 1.